The van der Waals surface area contributed by atoms with Gasteiger partial charge in [-0.1, -0.05) is 72.0 Å². The van der Waals surface area contributed by atoms with E-state index in [1.807, 2.05) is 48.5 Å². The Morgan fingerprint density at radius 2 is 1.75 bits per heavy atom. The number of amides is 2. The molecule has 32 heavy (non-hydrogen) atoms. The van der Waals surface area contributed by atoms with Gasteiger partial charge in [-0.3, -0.25) is 14.5 Å². The molecule has 0 saturated carbocycles. The van der Waals surface area contributed by atoms with Crippen molar-refractivity contribution in [3.8, 4) is 5.75 Å². The zero-order valence-electron chi connectivity index (χ0n) is 16.7. The Morgan fingerprint density at radius 1 is 1.06 bits per heavy atom. The molecule has 1 aliphatic rings. The average Bonchev–Trinajstić information content (AvgIpc) is 3.07. The number of ether oxygens (including phenoxy) is 1. The van der Waals surface area contributed by atoms with Gasteiger partial charge in [0.15, 0.2) is 4.32 Å². The SMILES string of the molecule is NC(=O)c1ccccc1N1C(=O)/C(=C/c2ccc(OCc3ccc(Cl)cc3)cc2)SC1=S. The van der Waals surface area contributed by atoms with Gasteiger partial charge in [-0.2, -0.15) is 0 Å². The third-order valence-corrected chi connectivity index (χ3v) is 6.25. The first-order chi connectivity index (χ1) is 15.4. The van der Waals surface area contributed by atoms with Crippen LogP contribution in [0, 0.1) is 0 Å². The maximum absolute atomic E-state index is 13.0. The van der Waals surface area contributed by atoms with Gasteiger partial charge in [-0.25, -0.2) is 0 Å². The topological polar surface area (TPSA) is 72.6 Å². The molecule has 2 N–H and O–H groups in total. The smallest absolute Gasteiger partial charge is 0.270 e. The van der Waals surface area contributed by atoms with Gasteiger partial charge in [0.05, 0.1) is 16.2 Å². The van der Waals surface area contributed by atoms with Crippen LogP contribution in [0.3, 0.4) is 0 Å². The third-order valence-electron chi connectivity index (χ3n) is 4.70. The zero-order chi connectivity index (χ0) is 22.7. The van der Waals surface area contributed by atoms with Crippen LogP contribution >= 0.6 is 35.6 Å². The van der Waals surface area contributed by atoms with Gasteiger partial charge < -0.3 is 10.5 Å². The van der Waals surface area contributed by atoms with Gasteiger partial charge >= 0.3 is 0 Å². The lowest BCUT2D eigenvalue weighted by Crippen LogP contribution is -2.30. The van der Waals surface area contributed by atoms with Crippen LogP contribution < -0.4 is 15.4 Å². The molecule has 4 rings (SSSR count). The van der Waals surface area contributed by atoms with Crippen LogP contribution in [-0.2, 0) is 11.4 Å². The van der Waals surface area contributed by atoms with Gasteiger partial charge in [0, 0.05) is 5.02 Å². The predicted octanol–water partition coefficient (Wildman–Crippen LogP) is 5.42. The fourth-order valence-electron chi connectivity index (χ4n) is 3.11. The maximum atomic E-state index is 13.0. The minimum atomic E-state index is -0.618. The first kappa shape index (κ1) is 22.1. The molecule has 0 bridgehead atoms. The van der Waals surface area contributed by atoms with Gasteiger partial charge in [0.25, 0.3) is 11.8 Å². The lowest BCUT2D eigenvalue weighted by molar-refractivity contribution is -0.113. The highest BCUT2D eigenvalue weighted by atomic mass is 35.5. The fourth-order valence-corrected chi connectivity index (χ4v) is 4.52. The van der Waals surface area contributed by atoms with E-state index in [1.54, 1.807) is 30.3 Å². The lowest BCUT2D eigenvalue weighted by atomic mass is 10.1. The van der Waals surface area contributed by atoms with Crippen LogP contribution in [0.2, 0.25) is 5.02 Å². The largest absolute Gasteiger partial charge is 0.489 e. The molecule has 1 fully saturated rings. The summed E-state index contributed by atoms with van der Waals surface area (Å²) in [5, 5.41) is 0.682. The minimum absolute atomic E-state index is 0.243. The number of rotatable bonds is 6. The van der Waals surface area contributed by atoms with Crippen molar-refractivity contribution in [1.82, 2.24) is 0 Å². The summed E-state index contributed by atoms with van der Waals surface area (Å²) in [5.41, 5.74) is 7.92. The normalized spacial score (nSPS) is 14.8. The number of para-hydroxylation sites is 1. The fraction of sp³-hybridized carbons (Fsp3) is 0.0417. The summed E-state index contributed by atoms with van der Waals surface area (Å²) < 4.78 is 6.14. The average molecular weight is 481 g/mol. The Bertz CT molecular complexity index is 1220. The minimum Gasteiger partial charge on any atom is -0.489 e. The van der Waals surface area contributed by atoms with Crippen molar-refractivity contribution < 1.29 is 14.3 Å². The van der Waals surface area contributed by atoms with Gasteiger partial charge in [-0.15, -0.1) is 0 Å². The number of halogens is 1. The summed E-state index contributed by atoms with van der Waals surface area (Å²) >= 11 is 12.5. The van der Waals surface area contributed by atoms with Crippen molar-refractivity contribution in [2.24, 2.45) is 5.73 Å². The van der Waals surface area contributed by atoms with Crippen molar-refractivity contribution >= 4 is 63.5 Å². The molecular weight excluding hydrogens is 464 g/mol. The van der Waals surface area contributed by atoms with E-state index in [9.17, 15) is 9.59 Å². The van der Waals surface area contributed by atoms with Gasteiger partial charge in [-0.05, 0) is 53.6 Å². The molecule has 2 amide bonds. The van der Waals surface area contributed by atoms with Crippen molar-refractivity contribution in [3.05, 3.63) is 99.4 Å². The van der Waals surface area contributed by atoms with Crippen LogP contribution in [0.5, 0.6) is 5.75 Å². The molecule has 3 aromatic carbocycles. The predicted molar refractivity (Wildman–Crippen MR) is 133 cm³/mol. The van der Waals surface area contributed by atoms with E-state index in [0.29, 0.717) is 32.3 Å². The Labute approximate surface area is 199 Å². The summed E-state index contributed by atoms with van der Waals surface area (Å²) in [5.74, 6) is -0.204. The van der Waals surface area contributed by atoms with Gasteiger partial charge in [0.2, 0.25) is 0 Å². The number of nitrogens with two attached hydrogens (primary N) is 1. The Morgan fingerprint density at radius 3 is 2.44 bits per heavy atom. The highest BCUT2D eigenvalue weighted by Crippen LogP contribution is 2.37. The van der Waals surface area contributed by atoms with Crippen LogP contribution in [-0.4, -0.2) is 16.1 Å². The molecule has 0 atom stereocenters. The van der Waals surface area contributed by atoms with E-state index in [2.05, 4.69) is 0 Å². The monoisotopic (exact) mass is 480 g/mol. The Kier molecular flexibility index (Phi) is 6.60. The van der Waals surface area contributed by atoms with Crippen LogP contribution in [0.4, 0.5) is 5.69 Å². The third kappa shape index (κ3) is 4.85. The standard InChI is InChI=1S/C24H17ClN2O3S2/c25-17-9-5-16(6-10-17)14-30-18-11-7-15(8-12-18)13-21-23(29)27(24(31)32-21)20-4-2-1-3-19(20)22(26)28/h1-13H,14H2,(H2,26,28)/b21-13-. The molecule has 1 saturated heterocycles. The number of thiocarbonyl (C=S) groups is 1. The van der Waals surface area contributed by atoms with E-state index in [-0.39, 0.29) is 11.5 Å². The Hall–Kier alpha value is -3.13. The molecule has 160 valence electrons. The first-order valence-electron chi connectivity index (χ1n) is 9.56. The second-order valence-electron chi connectivity index (χ2n) is 6.88. The quantitative estimate of drug-likeness (QED) is 0.376. The molecular formula is C24H17ClN2O3S2. The molecule has 0 spiro atoms. The summed E-state index contributed by atoms with van der Waals surface area (Å²) in [7, 11) is 0. The number of hydrogen-bond donors (Lipinski definition) is 1. The highest BCUT2D eigenvalue weighted by molar-refractivity contribution is 8.27. The van der Waals surface area contributed by atoms with E-state index >= 15 is 0 Å². The Balaban J connectivity index is 1.48. The number of nitrogens with zero attached hydrogens (tertiary/aromatic N) is 1. The van der Waals surface area contributed by atoms with Crippen molar-refractivity contribution in [2.45, 2.75) is 6.61 Å². The number of carbonyl (C=O) groups is 2. The molecule has 5 nitrogen and oxygen atoms in total. The highest BCUT2D eigenvalue weighted by Gasteiger charge is 2.35. The lowest BCUT2D eigenvalue weighted by Gasteiger charge is -2.17. The van der Waals surface area contributed by atoms with E-state index in [0.717, 1.165) is 11.1 Å². The van der Waals surface area contributed by atoms with Gasteiger partial charge in [0.1, 0.15) is 12.4 Å². The molecule has 8 heteroatoms. The number of carbonyl (C=O) groups excluding carboxylic acids is 2. The summed E-state index contributed by atoms with van der Waals surface area (Å²) in [6, 6.07) is 21.5. The van der Waals surface area contributed by atoms with Crippen LogP contribution in [0.25, 0.3) is 6.08 Å². The summed E-state index contributed by atoms with van der Waals surface area (Å²) in [4.78, 5) is 26.6. The van der Waals surface area contributed by atoms with Crippen LogP contribution in [0.1, 0.15) is 21.5 Å². The van der Waals surface area contributed by atoms with E-state index in [4.69, 9.17) is 34.3 Å². The molecule has 3 aromatic rings. The van der Waals surface area contributed by atoms with E-state index < -0.39 is 5.91 Å². The number of benzene rings is 3. The zero-order valence-corrected chi connectivity index (χ0v) is 19.0. The maximum Gasteiger partial charge on any atom is 0.270 e. The van der Waals surface area contributed by atoms with Crippen molar-refractivity contribution in [1.29, 1.82) is 0 Å². The van der Waals surface area contributed by atoms with E-state index in [1.165, 1.54) is 16.7 Å². The molecule has 0 unspecified atom stereocenters. The number of thioether (sulfide) groups is 1. The molecule has 1 aliphatic heterocycles. The van der Waals surface area contributed by atoms with Crippen molar-refractivity contribution in [3.63, 3.8) is 0 Å². The number of anilines is 1. The molecule has 0 aromatic heterocycles. The number of hydrogen-bond acceptors (Lipinski definition) is 5. The molecule has 1 heterocycles. The summed E-state index contributed by atoms with van der Waals surface area (Å²) in [6.45, 7) is 0.425. The number of primary amides is 1. The molecule has 0 aliphatic carbocycles. The van der Waals surface area contributed by atoms with Crippen LogP contribution in [0.15, 0.2) is 77.7 Å². The second kappa shape index (κ2) is 9.56. The second-order valence-corrected chi connectivity index (χ2v) is 8.99. The first-order valence-corrected chi connectivity index (χ1v) is 11.2. The summed E-state index contributed by atoms with van der Waals surface area (Å²) in [6.07, 6.45) is 1.76. The van der Waals surface area contributed by atoms with Crippen molar-refractivity contribution in [2.75, 3.05) is 4.90 Å². The molecule has 0 radical (unpaired) electrons.